The highest BCUT2D eigenvalue weighted by Crippen LogP contribution is 2.54. The van der Waals surface area contributed by atoms with Crippen molar-refractivity contribution in [2.75, 3.05) is 19.6 Å². The zero-order valence-electron chi connectivity index (χ0n) is 59.4. The normalized spacial score (nSPS) is 13.8. The van der Waals surface area contributed by atoms with Crippen molar-refractivity contribution in [3.8, 4) is 23.0 Å². The third kappa shape index (κ3) is 9.98. The molecule has 8 heteroatoms. The number of ether oxygens (including phenoxy) is 2. The van der Waals surface area contributed by atoms with Gasteiger partial charge in [0.25, 0.3) is 13.4 Å². The molecule has 0 amide bonds. The number of nitrogens with zero attached hydrogens (tertiary/aromatic N) is 4. The largest absolute Gasteiger partial charge is 0.457 e. The number of para-hydroxylation sites is 8. The summed E-state index contributed by atoms with van der Waals surface area (Å²) in [5.41, 5.74) is 32.0. The van der Waals surface area contributed by atoms with Gasteiger partial charge in [-0.1, -0.05) is 235 Å². The first-order chi connectivity index (χ1) is 45.7. The number of anilines is 12. The van der Waals surface area contributed by atoms with Gasteiger partial charge in [-0.05, 0) is 160 Å². The quantitative estimate of drug-likeness (QED) is 0.141. The van der Waals surface area contributed by atoms with Gasteiger partial charge >= 0.3 is 0 Å². The standard InChI is InChI=1S/C88H88B2N4O2/c1-53-31-19-23-43-69(53)91-73-52-74-68(51-67(73)89-65-41-21-25-45-71(65)93(81-55(3)33-27-34-56(81)4)77-49-59(47-75(91)79(77)89)95-83-61(85(7,8)9)37-29-38-62(83)86(10,11)12)90-66-42-22-26-46-72(66)94(82-57(5)35-28-36-58(82)6)78-50-60(48-76(80(78)90)92(74)70-44-24-20-32-54(70)2)96-84-63(87(13,14)15)39-30-40-64(84)88(16,17)18/h19-52H,1-18H3. The summed E-state index contributed by atoms with van der Waals surface area (Å²) in [4.78, 5) is 10.3. The van der Waals surface area contributed by atoms with Crippen molar-refractivity contribution < 1.29 is 9.47 Å². The smallest absolute Gasteiger partial charge is 0.252 e. The maximum absolute atomic E-state index is 7.78. The maximum atomic E-state index is 7.78. The maximum Gasteiger partial charge on any atom is 0.252 e. The van der Waals surface area contributed by atoms with Gasteiger partial charge in [0.05, 0.1) is 11.4 Å². The molecule has 15 rings (SSSR count). The number of hydrogen-bond donors (Lipinski definition) is 0. The van der Waals surface area contributed by atoms with Crippen molar-refractivity contribution in [3.05, 3.63) is 262 Å². The minimum Gasteiger partial charge on any atom is -0.457 e. The monoisotopic (exact) mass is 1250 g/mol. The molecule has 0 bridgehead atoms. The average molecular weight is 1260 g/mol. The van der Waals surface area contributed by atoms with E-state index >= 15 is 0 Å². The lowest BCUT2D eigenvalue weighted by atomic mass is 9.30. The molecule has 96 heavy (non-hydrogen) atoms. The molecule has 478 valence electrons. The second-order valence-electron chi connectivity index (χ2n) is 31.7. The fourth-order valence-electron chi connectivity index (χ4n) is 16.3. The lowest BCUT2D eigenvalue weighted by Gasteiger charge is -2.48. The molecule has 0 aliphatic carbocycles. The molecule has 0 saturated heterocycles. The van der Waals surface area contributed by atoms with E-state index in [1.165, 1.54) is 99.8 Å². The van der Waals surface area contributed by atoms with Gasteiger partial charge in [0.15, 0.2) is 0 Å². The summed E-state index contributed by atoms with van der Waals surface area (Å²) in [6.07, 6.45) is 0. The fraction of sp³-hybridized carbons (Fsp3) is 0.250. The molecule has 11 aromatic carbocycles. The van der Waals surface area contributed by atoms with E-state index in [9.17, 15) is 0 Å². The van der Waals surface area contributed by atoms with Crippen LogP contribution in [-0.2, 0) is 21.7 Å². The predicted molar refractivity (Wildman–Crippen MR) is 411 cm³/mol. The Bertz CT molecular complexity index is 4600. The Balaban J connectivity index is 1.08. The van der Waals surface area contributed by atoms with Gasteiger partial charge in [-0.15, -0.1) is 0 Å². The van der Waals surface area contributed by atoms with Gasteiger partial charge in [0.2, 0.25) is 0 Å². The molecule has 4 aliphatic heterocycles. The summed E-state index contributed by atoms with van der Waals surface area (Å²) in [5.74, 6) is 3.40. The Kier molecular flexibility index (Phi) is 14.6. The van der Waals surface area contributed by atoms with Crippen LogP contribution in [0.25, 0.3) is 0 Å². The summed E-state index contributed by atoms with van der Waals surface area (Å²) in [6, 6.07) is 77.9. The molecule has 0 N–H and O–H groups in total. The topological polar surface area (TPSA) is 31.4 Å². The minimum atomic E-state index is -0.212. The van der Waals surface area contributed by atoms with Gasteiger partial charge in [0.1, 0.15) is 23.0 Å². The zero-order chi connectivity index (χ0) is 67.4. The van der Waals surface area contributed by atoms with Crippen molar-refractivity contribution in [1.29, 1.82) is 0 Å². The molecule has 0 radical (unpaired) electrons. The van der Waals surface area contributed by atoms with Gasteiger partial charge in [-0.2, -0.15) is 0 Å². The summed E-state index contributed by atoms with van der Waals surface area (Å²) in [5, 5.41) is 0. The Labute approximate surface area is 571 Å². The summed E-state index contributed by atoms with van der Waals surface area (Å²) in [6.45, 7) is 40.8. The lowest BCUT2D eigenvalue weighted by Crippen LogP contribution is -2.65. The van der Waals surface area contributed by atoms with Crippen molar-refractivity contribution >= 4 is 114 Å². The van der Waals surface area contributed by atoms with Crippen molar-refractivity contribution in [2.24, 2.45) is 0 Å². The molecule has 4 heterocycles. The van der Waals surface area contributed by atoms with E-state index in [1.807, 2.05) is 0 Å². The Hall–Kier alpha value is -9.65. The first kappa shape index (κ1) is 62.5. The van der Waals surface area contributed by atoms with Crippen molar-refractivity contribution in [3.63, 3.8) is 0 Å². The Morgan fingerprint density at radius 1 is 0.250 bits per heavy atom. The molecule has 0 unspecified atom stereocenters. The predicted octanol–water partition coefficient (Wildman–Crippen LogP) is 20.5. The van der Waals surface area contributed by atoms with Gasteiger partial charge < -0.3 is 29.1 Å². The molecule has 0 saturated carbocycles. The van der Waals surface area contributed by atoms with Crippen LogP contribution in [-0.4, -0.2) is 13.4 Å². The van der Waals surface area contributed by atoms with E-state index in [-0.39, 0.29) is 35.1 Å². The van der Waals surface area contributed by atoms with Gasteiger partial charge in [-0.3, -0.25) is 0 Å². The second kappa shape index (κ2) is 22.5. The molecule has 11 aromatic rings. The number of benzene rings is 11. The van der Waals surface area contributed by atoms with Crippen LogP contribution < -0.4 is 61.9 Å². The van der Waals surface area contributed by atoms with Crippen LogP contribution >= 0.6 is 0 Å². The van der Waals surface area contributed by atoms with E-state index < -0.39 is 0 Å². The SMILES string of the molecule is Cc1ccccc1N1c2cc3c(cc2B2c4ccccc4N(c4c(C)cccc4C)c4cc(Oc5c(C(C)(C)C)cccc5C(C)(C)C)cc1c42)B1c2ccccc2N(c2c(C)cccc2C)c2cc(Oc4c(C(C)(C)C)cccc4C(C)(C)C)cc(c21)N3c1ccccc1C. The minimum absolute atomic E-state index is 0.193. The van der Waals surface area contributed by atoms with Crippen LogP contribution in [0.3, 0.4) is 0 Å². The van der Waals surface area contributed by atoms with Crippen LogP contribution in [0.2, 0.25) is 0 Å². The number of aryl methyl sites for hydroxylation is 6. The number of hydrogen-bond acceptors (Lipinski definition) is 6. The summed E-state index contributed by atoms with van der Waals surface area (Å²) in [7, 11) is 0. The summed E-state index contributed by atoms with van der Waals surface area (Å²) < 4.78 is 15.6. The summed E-state index contributed by atoms with van der Waals surface area (Å²) >= 11 is 0. The first-order valence-corrected chi connectivity index (χ1v) is 34.5. The highest BCUT2D eigenvalue weighted by molar-refractivity contribution is 7.03. The second-order valence-corrected chi connectivity index (χ2v) is 31.7. The Morgan fingerprint density at radius 3 is 0.854 bits per heavy atom. The molecule has 0 spiro atoms. The first-order valence-electron chi connectivity index (χ1n) is 34.5. The van der Waals surface area contributed by atoms with Gasteiger partial charge in [-0.25, -0.2) is 0 Å². The molecule has 6 nitrogen and oxygen atoms in total. The molecule has 0 fully saturated rings. The molecule has 0 atom stereocenters. The lowest BCUT2D eigenvalue weighted by molar-refractivity contribution is 0.432. The third-order valence-corrected chi connectivity index (χ3v) is 20.8. The fourth-order valence-corrected chi connectivity index (χ4v) is 16.3. The zero-order valence-corrected chi connectivity index (χ0v) is 59.4. The van der Waals surface area contributed by atoms with Crippen molar-refractivity contribution in [1.82, 2.24) is 0 Å². The average Bonchev–Trinajstić information content (AvgIpc) is 0.683. The molecule has 4 aliphatic rings. The highest BCUT2D eigenvalue weighted by Gasteiger charge is 2.50. The molecular weight excluding hydrogens is 1170 g/mol. The van der Waals surface area contributed by atoms with Crippen LogP contribution in [0.4, 0.5) is 68.2 Å². The van der Waals surface area contributed by atoms with Crippen LogP contribution in [0, 0.1) is 41.5 Å². The van der Waals surface area contributed by atoms with Crippen LogP contribution in [0.1, 0.15) is 139 Å². The number of rotatable bonds is 8. The molecular formula is C88H88B2N4O2. The van der Waals surface area contributed by atoms with E-state index in [4.69, 9.17) is 9.47 Å². The highest BCUT2D eigenvalue weighted by atomic mass is 16.5. The van der Waals surface area contributed by atoms with E-state index in [0.717, 1.165) is 79.9 Å². The number of fused-ring (bicyclic) bond motifs is 8. The van der Waals surface area contributed by atoms with E-state index in [0.29, 0.717) is 0 Å². The third-order valence-electron chi connectivity index (χ3n) is 20.8. The van der Waals surface area contributed by atoms with Gasteiger partial charge in [0, 0.05) is 103 Å². The molecule has 0 aromatic heterocycles. The van der Waals surface area contributed by atoms with Crippen molar-refractivity contribution in [2.45, 2.75) is 146 Å². The Morgan fingerprint density at radius 2 is 0.531 bits per heavy atom. The van der Waals surface area contributed by atoms with Crippen LogP contribution in [0.5, 0.6) is 23.0 Å². The van der Waals surface area contributed by atoms with Crippen LogP contribution in [0.15, 0.2) is 206 Å². The van der Waals surface area contributed by atoms with E-state index in [1.54, 1.807) is 0 Å². The van der Waals surface area contributed by atoms with E-state index in [2.05, 4.69) is 350 Å².